The van der Waals surface area contributed by atoms with Crippen LogP contribution in [0.15, 0.2) is 136 Å². The van der Waals surface area contributed by atoms with Crippen molar-refractivity contribution in [3.63, 3.8) is 0 Å². The predicted octanol–water partition coefficient (Wildman–Crippen LogP) is 8.16. The third-order valence-electron chi connectivity index (χ3n) is 14.9. The number of rotatable bonds is 22. The van der Waals surface area contributed by atoms with E-state index >= 15 is 0 Å². The summed E-state index contributed by atoms with van der Waals surface area (Å²) in [5, 5.41) is 19.0. The van der Waals surface area contributed by atoms with Gasteiger partial charge in [-0.3, -0.25) is 18.5 Å². The summed E-state index contributed by atoms with van der Waals surface area (Å²) >= 11 is 0. The number of carbonyl (C=O) groups excluding carboxylic acids is 1. The number of hydrogen-bond donors (Lipinski definition) is 4. The Kier molecular flexibility index (Phi) is 18.0. The van der Waals surface area contributed by atoms with Crippen LogP contribution in [0.1, 0.15) is 113 Å². The smallest absolute Gasteiger partial charge is 0.294 e. The van der Waals surface area contributed by atoms with Crippen molar-refractivity contribution in [1.82, 2.24) is 25.7 Å². The number of hydrogen-bond acceptors (Lipinski definition) is 15. The summed E-state index contributed by atoms with van der Waals surface area (Å²) in [6.07, 6.45) is 12.4. The van der Waals surface area contributed by atoms with E-state index in [1.165, 1.54) is 30.3 Å². The van der Waals surface area contributed by atoms with Crippen LogP contribution in [0, 0.1) is 6.92 Å². The quantitative estimate of drug-likeness (QED) is 0.0288. The first-order valence-corrected chi connectivity index (χ1v) is 32.4. The Morgan fingerprint density at radius 3 is 1.99 bits per heavy atom. The summed E-state index contributed by atoms with van der Waals surface area (Å²) in [6, 6.07) is 24.1. The molecule has 0 saturated carbocycles. The lowest BCUT2D eigenvalue weighted by molar-refractivity contribution is -0.437. The average molecular weight is 1180 g/mol. The summed E-state index contributed by atoms with van der Waals surface area (Å²) in [7, 11) is -18.0. The fourth-order valence-electron chi connectivity index (χ4n) is 10.8. The van der Waals surface area contributed by atoms with Crippen molar-refractivity contribution >= 4 is 69.0 Å². The summed E-state index contributed by atoms with van der Waals surface area (Å²) in [5.41, 5.74) is 8.39. The van der Waals surface area contributed by atoms with Gasteiger partial charge in [-0.15, -0.1) is 20.4 Å². The average Bonchev–Trinajstić information content (AvgIpc) is 2.55. The van der Waals surface area contributed by atoms with E-state index in [-0.39, 0.29) is 36.7 Å². The molecule has 0 atom stereocenters. The number of nitrogens with one attached hydrogen (secondary N) is 1. The molecule has 0 unspecified atom stereocenters. The van der Waals surface area contributed by atoms with E-state index in [1.54, 1.807) is 13.0 Å². The highest BCUT2D eigenvalue weighted by atomic mass is 32.2. The first-order valence-electron chi connectivity index (χ1n) is 26.4. The van der Waals surface area contributed by atoms with Gasteiger partial charge in [-0.2, -0.15) is 29.8 Å². The molecule has 1 aliphatic carbocycles. The number of carbonyl (C=O) groups is 1. The first kappa shape index (κ1) is 60.5. The number of anilines is 1. The monoisotopic (exact) mass is 1180 g/mol. The molecule has 0 spiro atoms. The van der Waals surface area contributed by atoms with Crippen molar-refractivity contribution in [1.29, 1.82) is 0 Å². The number of unbranched alkanes of at least 4 members (excludes halogenated alkanes) is 1. The van der Waals surface area contributed by atoms with E-state index in [1.807, 2.05) is 97.9 Å². The van der Waals surface area contributed by atoms with Gasteiger partial charge in [0.05, 0.1) is 26.7 Å². The molecule has 81 heavy (non-hydrogen) atoms. The molecule has 1 amide bonds. The van der Waals surface area contributed by atoms with E-state index in [4.69, 9.17) is 0 Å². The van der Waals surface area contributed by atoms with E-state index < -0.39 is 67.7 Å². The number of allylic oxidation sites excluding steroid dienone is 8. The third-order valence-corrected chi connectivity index (χ3v) is 18.2. The van der Waals surface area contributed by atoms with Crippen LogP contribution >= 0.6 is 0 Å². The van der Waals surface area contributed by atoms with E-state index in [2.05, 4.69) is 37.8 Å². The van der Waals surface area contributed by atoms with Gasteiger partial charge in [0.2, 0.25) is 17.4 Å². The van der Waals surface area contributed by atoms with Crippen LogP contribution in [-0.4, -0.2) is 113 Å². The summed E-state index contributed by atoms with van der Waals surface area (Å²) in [6.45, 7) is 9.93. The van der Waals surface area contributed by atoms with Gasteiger partial charge in [0.25, 0.3) is 30.4 Å². The Morgan fingerprint density at radius 1 is 0.704 bits per heavy atom. The molecule has 4 aromatic carbocycles. The second-order valence-electron chi connectivity index (χ2n) is 21.5. The number of amides is 1. The fraction of sp³-hybridized carbons (Fsp3) is 0.368. The number of aryl methyl sites for hydroxylation is 2. The van der Waals surface area contributed by atoms with Gasteiger partial charge in [-0.05, 0) is 141 Å². The molecule has 5 aromatic rings. The Morgan fingerprint density at radius 2 is 1.33 bits per heavy atom. The fourth-order valence-corrected chi connectivity index (χ4v) is 12.8. The van der Waals surface area contributed by atoms with Crippen molar-refractivity contribution < 1.29 is 61.3 Å². The standard InChI is InChI=1S/C57H65N7O13S4/c1-38-59-61-55(62-60-38)44-21-17-40(18-22-44)37-58-53(65)14-7-6-11-39-15-19-43(20-16-39)54-41(23-29-51-56(2,3)47-35-45(80(72,73)74)25-27-49(47)63(51)31-9-33-78(66,67)68)12-8-13-42(54)24-30-52-57(4,5)48-36-46(81(75,76)77)26-28-50(48)64(52)32-10-34-79(69,70)71/h15-30,35-36H,6-14,31-34,37H2,1-5H3,(H4-,58,65,66,67,68,69,70,71,72,73,74,75,76,77). The van der Waals surface area contributed by atoms with Crippen molar-refractivity contribution in [2.24, 2.45) is 0 Å². The zero-order valence-electron chi connectivity index (χ0n) is 45.5. The summed E-state index contributed by atoms with van der Waals surface area (Å²) in [5.74, 6) is -0.212. The molecule has 0 radical (unpaired) electrons. The minimum absolute atomic E-state index is 0.0327. The molecule has 0 saturated heterocycles. The zero-order valence-corrected chi connectivity index (χ0v) is 48.8. The van der Waals surface area contributed by atoms with Crippen LogP contribution in [0.3, 0.4) is 0 Å². The predicted molar refractivity (Wildman–Crippen MR) is 306 cm³/mol. The molecule has 0 fully saturated rings. The highest BCUT2D eigenvalue weighted by Crippen LogP contribution is 2.49. The van der Waals surface area contributed by atoms with Crippen LogP contribution in [0.5, 0.6) is 0 Å². The number of fused-ring (bicyclic) bond motifs is 2. The van der Waals surface area contributed by atoms with Crippen molar-refractivity contribution in [2.75, 3.05) is 29.5 Å². The Hall–Kier alpha value is -6.64. The third kappa shape index (κ3) is 14.7. The number of benzene rings is 4. The topological polar surface area (TPSA) is 307 Å². The normalized spacial score (nSPS) is 17.4. The maximum atomic E-state index is 12.9. The van der Waals surface area contributed by atoms with E-state index in [9.17, 15) is 56.7 Å². The van der Waals surface area contributed by atoms with Gasteiger partial charge in [-0.25, -0.2) is 8.42 Å². The molecule has 1 aromatic heterocycles. The van der Waals surface area contributed by atoms with Gasteiger partial charge in [0, 0.05) is 66.0 Å². The second kappa shape index (κ2) is 24.1. The van der Waals surface area contributed by atoms with Crippen LogP contribution in [0.25, 0.3) is 17.0 Å². The van der Waals surface area contributed by atoms with Crippen molar-refractivity contribution in [3.05, 3.63) is 160 Å². The van der Waals surface area contributed by atoms with Crippen LogP contribution in [0.4, 0.5) is 11.4 Å². The van der Waals surface area contributed by atoms with Gasteiger partial charge in [0.1, 0.15) is 16.7 Å². The Balaban J connectivity index is 1.11. The van der Waals surface area contributed by atoms with Gasteiger partial charge >= 0.3 is 0 Å². The molecule has 8 rings (SSSR count). The highest BCUT2D eigenvalue weighted by molar-refractivity contribution is 7.86. The summed E-state index contributed by atoms with van der Waals surface area (Å²) < 4.78 is 140. The molecule has 3 heterocycles. The minimum Gasteiger partial charge on any atom is -0.744 e. The maximum Gasteiger partial charge on any atom is 0.294 e. The second-order valence-corrected chi connectivity index (χ2v) is 27.4. The molecule has 20 nitrogen and oxygen atoms in total. The van der Waals surface area contributed by atoms with Crippen LogP contribution < -0.4 is 10.2 Å². The molecule has 3 aliphatic rings. The molecule has 24 heteroatoms. The largest absolute Gasteiger partial charge is 0.744 e. The lowest BCUT2D eigenvalue weighted by atomic mass is 9.79. The summed E-state index contributed by atoms with van der Waals surface area (Å²) in [4.78, 5) is 14.1. The highest BCUT2D eigenvalue weighted by Gasteiger charge is 2.45. The van der Waals surface area contributed by atoms with Gasteiger partial charge in [-0.1, -0.05) is 74.5 Å². The van der Waals surface area contributed by atoms with Crippen LogP contribution in [-0.2, 0) is 69.1 Å². The number of aromatic nitrogens is 4. The maximum absolute atomic E-state index is 12.9. The van der Waals surface area contributed by atoms with Crippen LogP contribution in [0.2, 0.25) is 0 Å². The molecule has 4 N–H and O–H groups in total. The zero-order chi connectivity index (χ0) is 58.7. The lowest BCUT2D eigenvalue weighted by Crippen LogP contribution is -2.28. The lowest BCUT2D eigenvalue weighted by Gasteiger charge is -2.27. The SMILES string of the molecule is Cc1nnc(-c2ccc(CNC(=O)CCCCc3ccc(C4=C(/C=C/C5=[N+](CCCS(=O)(=O)O)c6ccc(S(=O)(=O)[O-])cc6C5(C)C)CCC/C4=C\C=C4\N(CCCS(=O)(=O)O)c5ccc(S(=O)(=O)O)cc5C4(C)C)cc3)cc2)nn1. The minimum atomic E-state index is -4.83. The molecular weight excluding hydrogens is 1120 g/mol. The Labute approximate surface area is 473 Å². The van der Waals surface area contributed by atoms with E-state index in [0.29, 0.717) is 84.2 Å². The molecule has 2 aliphatic heterocycles. The molecular formula is C57H65N7O13S4. The van der Waals surface area contributed by atoms with Gasteiger partial charge in [0.15, 0.2) is 11.5 Å². The van der Waals surface area contributed by atoms with Crippen molar-refractivity contribution in [3.8, 4) is 11.4 Å². The number of nitrogens with zero attached hydrogens (tertiary/aromatic N) is 6. The first-order chi connectivity index (χ1) is 38.0. The molecule has 430 valence electrons. The van der Waals surface area contributed by atoms with Crippen molar-refractivity contribution in [2.45, 2.75) is 120 Å². The molecule has 0 bridgehead atoms. The van der Waals surface area contributed by atoms with E-state index in [0.717, 1.165) is 51.8 Å². The Bertz CT molecular complexity index is 3870. The van der Waals surface area contributed by atoms with Gasteiger partial charge < -0.3 is 14.8 Å².